The van der Waals surface area contributed by atoms with Gasteiger partial charge in [-0.05, 0) is 11.6 Å². The second kappa shape index (κ2) is 9.08. The van der Waals surface area contributed by atoms with E-state index in [-0.39, 0.29) is 29.7 Å². The van der Waals surface area contributed by atoms with E-state index in [1.165, 1.54) is 25.5 Å². The Hall–Kier alpha value is -4.28. The lowest BCUT2D eigenvalue weighted by Gasteiger charge is -2.12. The van der Waals surface area contributed by atoms with E-state index in [9.17, 15) is 14.9 Å². The first kappa shape index (κ1) is 19.5. The molecule has 1 heterocycles. The second-order valence-electron chi connectivity index (χ2n) is 5.66. The van der Waals surface area contributed by atoms with Gasteiger partial charge in [-0.15, -0.1) is 10.2 Å². The van der Waals surface area contributed by atoms with Crippen LogP contribution in [0.3, 0.4) is 0 Å². The topological polar surface area (TPSA) is 145 Å². The fraction of sp³-hybridized carbons (Fsp3) is 0.111. The standard InChI is InChI=1S/C18H16N6O5/c1-28-15-8-13(9-19-22-18-21-16(25)10-20-23-18)7-14(24(26)27)17(15)29-11-12-5-3-2-4-6-12/h2-10H,11H2,1H3,(H2,21,22,23,25)/b19-9+. The van der Waals surface area contributed by atoms with Crippen LogP contribution in [0.1, 0.15) is 11.1 Å². The van der Waals surface area contributed by atoms with Crippen molar-refractivity contribution >= 4 is 17.9 Å². The predicted octanol–water partition coefficient (Wildman–Crippen LogP) is 2.11. The van der Waals surface area contributed by atoms with Crippen molar-refractivity contribution in [2.24, 2.45) is 5.10 Å². The molecular weight excluding hydrogens is 380 g/mol. The van der Waals surface area contributed by atoms with Crippen molar-refractivity contribution in [1.29, 1.82) is 0 Å². The van der Waals surface area contributed by atoms with Gasteiger partial charge in [0.1, 0.15) is 12.8 Å². The van der Waals surface area contributed by atoms with Crippen LogP contribution in [-0.2, 0) is 6.61 Å². The molecule has 11 heteroatoms. The molecule has 29 heavy (non-hydrogen) atoms. The molecule has 0 saturated heterocycles. The minimum Gasteiger partial charge on any atom is -0.493 e. The van der Waals surface area contributed by atoms with Gasteiger partial charge in [-0.3, -0.25) is 19.9 Å². The Morgan fingerprint density at radius 1 is 1.31 bits per heavy atom. The summed E-state index contributed by atoms with van der Waals surface area (Å²) in [5.74, 6) is 0.229. The van der Waals surface area contributed by atoms with Crippen molar-refractivity contribution in [3.63, 3.8) is 0 Å². The highest BCUT2D eigenvalue weighted by molar-refractivity contribution is 5.83. The van der Waals surface area contributed by atoms with Gasteiger partial charge in [-0.2, -0.15) is 5.10 Å². The lowest BCUT2D eigenvalue weighted by molar-refractivity contribution is -0.386. The second-order valence-corrected chi connectivity index (χ2v) is 5.66. The highest BCUT2D eigenvalue weighted by atomic mass is 16.6. The Kier molecular flexibility index (Phi) is 6.10. The highest BCUT2D eigenvalue weighted by Crippen LogP contribution is 2.38. The number of nitro groups is 1. The number of ether oxygens (including phenoxy) is 2. The number of nitrogens with one attached hydrogen (secondary N) is 2. The minimum atomic E-state index is -0.562. The third kappa shape index (κ3) is 5.13. The number of rotatable bonds is 8. The van der Waals surface area contributed by atoms with Crippen LogP contribution in [0.5, 0.6) is 11.5 Å². The Labute approximate surface area is 164 Å². The molecule has 0 aliphatic rings. The zero-order valence-electron chi connectivity index (χ0n) is 15.2. The summed E-state index contributed by atoms with van der Waals surface area (Å²) >= 11 is 0. The molecule has 148 valence electrons. The molecule has 0 atom stereocenters. The van der Waals surface area contributed by atoms with Gasteiger partial charge < -0.3 is 9.47 Å². The summed E-state index contributed by atoms with van der Waals surface area (Å²) in [6.07, 6.45) is 2.32. The molecule has 0 aliphatic heterocycles. The van der Waals surface area contributed by atoms with E-state index in [4.69, 9.17) is 9.47 Å². The molecule has 2 aromatic carbocycles. The van der Waals surface area contributed by atoms with Crippen LogP contribution in [0.2, 0.25) is 0 Å². The summed E-state index contributed by atoms with van der Waals surface area (Å²) in [6, 6.07) is 12.1. The van der Waals surface area contributed by atoms with E-state index in [1.54, 1.807) is 0 Å². The molecule has 3 rings (SSSR count). The lowest BCUT2D eigenvalue weighted by Crippen LogP contribution is -2.10. The molecule has 3 aromatic rings. The van der Waals surface area contributed by atoms with E-state index < -0.39 is 10.5 Å². The molecule has 0 fully saturated rings. The molecule has 1 aromatic heterocycles. The van der Waals surface area contributed by atoms with Crippen LogP contribution in [0.15, 0.2) is 58.6 Å². The maximum Gasteiger partial charge on any atom is 0.315 e. The largest absolute Gasteiger partial charge is 0.493 e. The van der Waals surface area contributed by atoms with Crippen LogP contribution in [0.4, 0.5) is 11.6 Å². The van der Waals surface area contributed by atoms with Crippen molar-refractivity contribution in [2.45, 2.75) is 6.61 Å². The Morgan fingerprint density at radius 2 is 2.10 bits per heavy atom. The Bertz CT molecular complexity index is 1080. The summed E-state index contributed by atoms with van der Waals surface area (Å²) in [4.78, 5) is 24.5. The van der Waals surface area contributed by atoms with Crippen molar-refractivity contribution in [3.8, 4) is 11.5 Å². The highest BCUT2D eigenvalue weighted by Gasteiger charge is 2.22. The van der Waals surface area contributed by atoms with Crippen molar-refractivity contribution in [3.05, 3.63) is 80.3 Å². The van der Waals surface area contributed by atoms with Gasteiger partial charge in [0, 0.05) is 11.6 Å². The summed E-state index contributed by atoms with van der Waals surface area (Å²) in [6.45, 7) is 0.146. The third-order valence-corrected chi connectivity index (χ3v) is 3.66. The van der Waals surface area contributed by atoms with E-state index in [0.29, 0.717) is 5.56 Å². The van der Waals surface area contributed by atoms with Gasteiger partial charge in [0.05, 0.1) is 18.2 Å². The zero-order chi connectivity index (χ0) is 20.6. The van der Waals surface area contributed by atoms with Crippen LogP contribution in [-0.4, -0.2) is 33.4 Å². The van der Waals surface area contributed by atoms with Crippen LogP contribution in [0, 0.1) is 10.1 Å². The number of methoxy groups -OCH3 is 1. The van der Waals surface area contributed by atoms with Crippen molar-refractivity contribution in [1.82, 2.24) is 15.2 Å². The van der Waals surface area contributed by atoms with Crippen molar-refractivity contribution in [2.75, 3.05) is 12.5 Å². The number of aromatic nitrogens is 3. The Balaban J connectivity index is 1.84. The number of H-pyrrole nitrogens is 1. The number of nitro benzene ring substituents is 1. The first-order chi connectivity index (χ1) is 14.1. The summed E-state index contributed by atoms with van der Waals surface area (Å²) in [5.41, 5.74) is 2.99. The zero-order valence-corrected chi connectivity index (χ0v) is 15.2. The number of nitrogens with zero attached hydrogens (tertiary/aromatic N) is 4. The smallest absolute Gasteiger partial charge is 0.315 e. The van der Waals surface area contributed by atoms with Crippen molar-refractivity contribution < 1.29 is 14.4 Å². The summed E-state index contributed by atoms with van der Waals surface area (Å²) < 4.78 is 10.9. The molecule has 2 N–H and O–H groups in total. The van der Waals surface area contributed by atoms with Gasteiger partial charge >= 0.3 is 5.69 Å². The number of anilines is 1. The number of hydrogen-bond acceptors (Lipinski definition) is 9. The van der Waals surface area contributed by atoms with Gasteiger partial charge in [0.2, 0.25) is 11.7 Å². The molecule has 0 aliphatic carbocycles. The lowest BCUT2D eigenvalue weighted by atomic mass is 10.1. The third-order valence-electron chi connectivity index (χ3n) is 3.66. The van der Waals surface area contributed by atoms with E-state index >= 15 is 0 Å². The predicted molar refractivity (Wildman–Crippen MR) is 104 cm³/mol. The van der Waals surface area contributed by atoms with Gasteiger partial charge in [0.25, 0.3) is 5.56 Å². The fourth-order valence-electron chi connectivity index (χ4n) is 2.38. The number of aromatic amines is 1. The van der Waals surface area contributed by atoms with E-state index in [2.05, 4.69) is 25.7 Å². The van der Waals surface area contributed by atoms with Gasteiger partial charge in [-0.25, -0.2) is 5.43 Å². The maximum absolute atomic E-state index is 11.5. The number of benzene rings is 2. The number of hydrazone groups is 1. The molecule has 0 radical (unpaired) electrons. The van der Waals surface area contributed by atoms with E-state index in [1.807, 2.05) is 30.3 Å². The maximum atomic E-state index is 11.5. The van der Waals surface area contributed by atoms with Crippen LogP contribution < -0.4 is 20.5 Å². The van der Waals surface area contributed by atoms with Crippen LogP contribution in [0.25, 0.3) is 0 Å². The normalized spacial score (nSPS) is 10.7. The molecular formula is C18H16N6O5. The molecule has 0 spiro atoms. The molecule has 0 saturated carbocycles. The average molecular weight is 396 g/mol. The first-order valence-electron chi connectivity index (χ1n) is 8.31. The van der Waals surface area contributed by atoms with Gasteiger partial charge in [0.15, 0.2) is 5.75 Å². The molecule has 0 amide bonds. The monoisotopic (exact) mass is 396 g/mol. The number of hydrogen-bond donors (Lipinski definition) is 2. The fourth-order valence-corrected chi connectivity index (χ4v) is 2.38. The SMILES string of the molecule is COc1cc(/C=N/Nc2nncc(=O)[nH]2)cc([N+](=O)[O-])c1OCc1ccccc1. The first-order valence-corrected chi connectivity index (χ1v) is 8.31. The summed E-state index contributed by atoms with van der Waals surface area (Å²) in [7, 11) is 1.39. The van der Waals surface area contributed by atoms with E-state index in [0.717, 1.165) is 11.8 Å². The Morgan fingerprint density at radius 3 is 2.79 bits per heavy atom. The minimum absolute atomic E-state index is 0.0183. The molecule has 11 nitrogen and oxygen atoms in total. The van der Waals surface area contributed by atoms with Crippen LogP contribution >= 0.6 is 0 Å². The van der Waals surface area contributed by atoms with Gasteiger partial charge in [-0.1, -0.05) is 30.3 Å². The summed E-state index contributed by atoms with van der Waals surface area (Å²) in [5, 5.41) is 22.5. The average Bonchev–Trinajstić information content (AvgIpc) is 2.73. The molecule has 0 bridgehead atoms. The molecule has 0 unspecified atom stereocenters. The quantitative estimate of drug-likeness (QED) is 0.334.